The number of nitrogens with one attached hydrogen (secondary N) is 1. The zero-order chi connectivity index (χ0) is 20.6. The smallest absolute Gasteiger partial charge is 0.305 e. The average Bonchev–Trinajstić information content (AvgIpc) is 3.07. The van der Waals surface area contributed by atoms with Crippen LogP contribution in [0.3, 0.4) is 0 Å². The van der Waals surface area contributed by atoms with Crippen LogP contribution in [-0.4, -0.2) is 30.2 Å². The molecule has 29 heavy (non-hydrogen) atoms. The molecule has 0 saturated heterocycles. The second-order valence-electron chi connectivity index (χ2n) is 6.78. The lowest BCUT2D eigenvalue weighted by Gasteiger charge is -2.13. The lowest BCUT2D eigenvalue weighted by atomic mass is 10.1. The monoisotopic (exact) mass is 476 g/mol. The Bertz CT molecular complexity index is 943. The minimum absolute atomic E-state index is 0.173. The van der Waals surface area contributed by atoms with Gasteiger partial charge in [0.05, 0.1) is 23.4 Å². The molecule has 0 aliphatic rings. The maximum absolute atomic E-state index is 11.3. The molecular formula is C22H25BrN2O3S. The van der Waals surface area contributed by atoms with Crippen LogP contribution in [0.4, 0.5) is 5.13 Å². The highest BCUT2D eigenvalue weighted by molar-refractivity contribution is 9.10. The number of rotatable bonds is 10. The quantitative estimate of drug-likeness (QED) is 0.294. The summed E-state index contributed by atoms with van der Waals surface area (Å²) in [7, 11) is 0. The number of aromatic nitrogens is 1. The van der Waals surface area contributed by atoms with Gasteiger partial charge in [0, 0.05) is 16.9 Å². The van der Waals surface area contributed by atoms with E-state index in [0.29, 0.717) is 26.1 Å². The Morgan fingerprint density at radius 2 is 2.03 bits per heavy atom. The van der Waals surface area contributed by atoms with Crippen molar-refractivity contribution in [2.75, 3.05) is 18.5 Å². The molecule has 0 aliphatic carbocycles. The van der Waals surface area contributed by atoms with Crippen LogP contribution in [0.25, 0.3) is 10.2 Å². The first-order chi connectivity index (χ1) is 14.0. The third kappa shape index (κ3) is 6.72. The third-order valence-corrected chi connectivity index (χ3v) is 5.73. The van der Waals surface area contributed by atoms with Gasteiger partial charge < -0.3 is 14.8 Å². The summed E-state index contributed by atoms with van der Waals surface area (Å²) >= 11 is 5.17. The Morgan fingerprint density at radius 1 is 1.24 bits per heavy atom. The van der Waals surface area contributed by atoms with Crippen LogP contribution >= 0.6 is 27.3 Å². The molecule has 154 valence electrons. The molecule has 0 amide bonds. The van der Waals surface area contributed by atoms with E-state index in [0.717, 1.165) is 27.3 Å². The van der Waals surface area contributed by atoms with E-state index in [1.807, 2.05) is 31.2 Å². The maximum Gasteiger partial charge on any atom is 0.305 e. The number of esters is 1. The molecule has 0 fully saturated rings. The number of carbonyl (C=O) groups excluding carboxylic acids is 1. The highest BCUT2D eigenvalue weighted by Crippen LogP contribution is 2.29. The fourth-order valence-electron chi connectivity index (χ4n) is 2.94. The lowest BCUT2D eigenvalue weighted by Crippen LogP contribution is -2.17. The molecule has 0 spiro atoms. The number of nitrogens with zero attached hydrogens (tertiary/aromatic N) is 1. The summed E-state index contributed by atoms with van der Waals surface area (Å²) in [5, 5.41) is 4.43. The van der Waals surface area contributed by atoms with Crippen molar-refractivity contribution in [3.8, 4) is 5.75 Å². The van der Waals surface area contributed by atoms with E-state index >= 15 is 0 Å². The van der Waals surface area contributed by atoms with Gasteiger partial charge >= 0.3 is 5.97 Å². The van der Waals surface area contributed by atoms with Crippen LogP contribution in [0.2, 0.25) is 0 Å². The predicted octanol–water partition coefficient (Wildman–Crippen LogP) is 5.82. The molecule has 0 aliphatic heterocycles. The summed E-state index contributed by atoms with van der Waals surface area (Å²) in [5.74, 6) is 0.642. The van der Waals surface area contributed by atoms with Crippen LogP contribution in [0.5, 0.6) is 5.75 Å². The number of halogens is 1. The molecule has 1 atom stereocenters. The van der Waals surface area contributed by atoms with Gasteiger partial charge in [-0.1, -0.05) is 39.4 Å². The normalized spacial score (nSPS) is 12.0. The topological polar surface area (TPSA) is 60.5 Å². The van der Waals surface area contributed by atoms with Crippen LogP contribution in [0.15, 0.2) is 46.9 Å². The van der Waals surface area contributed by atoms with Gasteiger partial charge in [0.1, 0.15) is 5.75 Å². The van der Waals surface area contributed by atoms with Gasteiger partial charge in [0.25, 0.3) is 0 Å². The third-order valence-electron chi connectivity index (χ3n) is 4.28. The number of anilines is 1. The second kappa shape index (κ2) is 10.6. The number of hydrogen-bond acceptors (Lipinski definition) is 6. The van der Waals surface area contributed by atoms with Crippen molar-refractivity contribution in [2.24, 2.45) is 0 Å². The Kier molecular flexibility index (Phi) is 7.89. The largest absolute Gasteiger partial charge is 0.494 e. The minimum Gasteiger partial charge on any atom is -0.494 e. The molecule has 0 bridgehead atoms. The number of hydrogen-bond donors (Lipinski definition) is 1. The standard InChI is InChI=1S/C22H25BrN2O3S/c1-3-27-21(26)5-4-12-28-18-9-6-16(7-10-18)13-15(2)24-22-25-19-11-8-17(23)14-20(19)29-22/h6-11,14-15H,3-5,12-13H2,1-2H3,(H,24,25). The van der Waals surface area contributed by atoms with Crippen molar-refractivity contribution in [3.05, 3.63) is 52.5 Å². The lowest BCUT2D eigenvalue weighted by molar-refractivity contribution is -0.143. The number of thiazole rings is 1. The van der Waals surface area contributed by atoms with Gasteiger partial charge in [-0.3, -0.25) is 4.79 Å². The van der Waals surface area contributed by atoms with Crippen molar-refractivity contribution in [1.29, 1.82) is 0 Å². The van der Waals surface area contributed by atoms with E-state index in [4.69, 9.17) is 9.47 Å². The summed E-state index contributed by atoms with van der Waals surface area (Å²) in [4.78, 5) is 16.0. The fourth-order valence-corrected chi connectivity index (χ4v) is 4.47. The zero-order valence-corrected chi connectivity index (χ0v) is 19.0. The van der Waals surface area contributed by atoms with Crippen molar-refractivity contribution < 1.29 is 14.3 Å². The summed E-state index contributed by atoms with van der Waals surface area (Å²) in [5.41, 5.74) is 2.24. The van der Waals surface area contributed by atoms with E-state index < -0.39 is 0 Å². The molecule has 5 nitrogen and oxygen atoms in total. The number of carbonyl (C=O) groups is 1. The molecule has 2 aromatic carbocycles. The first-order valence-corrected chi connectivity index (χ1v) is 11.3. The van der Waals surface area contributed by atoms with Crippen LogP contribution in [-0.2, 0) is 16.0 Å². The molecule has 3 aromatic rings. The van der Waals surface area contributed by atoms with E-state index in [9.17, 15) is 4.79 Å². The van der Waals surface area contributed by atoms with Crippen molar-refractivity contribution in [1.82, 2.24) is 4.98 Å². The summed E-state index contributed by atoms with van der Waals surface area (Å²) in [6.45, 7) is 4.89. The highest BCUT2D eigenvalue weighted by Gasteiger charge is 2.09. The van der Waals surface area contributed by atoms with Crippen LogP contribution in [0.1, 0.15) is 32.3 Å². The van der Waals surface area contributed by atoms with Gasteiger partial charge in [-0.2, -0.15) is 0 Å². The van der Waals surface area contributed by atoms with E-state index in [2.05, 4.69) is 51.4 Å². The first-order valence-electron chi connectivity index (χ1n) is 9.73. The second-order valence-corrected chi connectivity index (χ2v) is 8.73. The molecule has 3 rings (SSSR count). The van der Waals surface area contributed by atoms with E-state index in [1.54, 1.807) is 11.3 Å². The van der Waals surface area contributed by atoms with Gasteiger partial charge in [0.2, 0.25) is 0 Å². The summed E-state index contributed by atoms with van der Waals surface area (Å²) < 4.78 is 12.8. The number of fused-ring (bicyclic) bond motifs is 1. The molecule has 7 heteroatoms. The van der Waals surface area contributed by atoms with Crippen molar-refractivity contribution in [2.45, 2.75) is 39.2 Å². The zero-order valence-electron chi connectivity index (χ0n) is 16.6. The fraction of sp³-hybridized carbons (Fsp3) is 0.364. The SMILES string of the molecule is CCOC(=O)CCCOc1ccc(CC(C)Nc2nc3ccc(Br)cc3s2)cc1. The minimum atomic E-state index is -0.173. The van der Waals surface area contributed by atoms with Crippen LogP contribution < -0.4 is 10.1 Å². The molecule has 0 saturated carbocycles. The van der Waals surface area contributed by atoms with Gasteiger partial charge in [-0.05, 0) is 62.6 Å². The van der Waals surface area contributed by atoms with Crippen LogP contribution in [0, 0.1) is 0 Å². The van der Waals surface area contributed by atoms with Gasteiger partial charge in [-0.15, -0.1) is 0 Å². The Balaban J connectivity index is 1.45. The van der Waals surface area contributed by atoms with Crippen molar-refractivity contribution >= 4 is 48.6 Å². The Morgan fingerprint density at radius 3 is 2.79 bits per heavy atom. The Hall–Kier alpha value is -2.12. The number of ether oxygens (including phenoxy) is 2. The Labute approximate surface area is 183 Å². The highest BCUT2D eigenvalue weighted by atomic mass is 79.9. The molecule has 0 radical (unpaired) electrons. The molecule has 1 heterocycles. The average molecular weight is 477 g/mol. The molecular weight excluding hydrogens is 452 g/mol. The first kappa shape index (κ1) is 21.6. The summed E-state index contributed by atoms with van der Waals surface area (Å²) in [6.07, 6.45) is 1.93. The molecule has 1 unspecified atom stereocenters. The van der Waals surface area contributed by atoms with Gasteiger partial charge in [-0.25, -0.2) is 4.98 Å². The maximum atomic E-state index is 11.3. The van der Waals surface area contributed by atoms with Crippen molar-refractivity contribution in [3.63, 3.8) is 0 Å². The van der Waals surface area contributed by atoms with E-state index in [-0.39, 0.29) is 12.0 Å². The number of benzene rings is 2. The molecule has 1 aromatic heterocycles. The molecule has 1 N–H and O–H groups in total. The predicted molar refractivity (Wildman–Crippen MR) is 122 cm³/mol. The van der Waals surface area contributed by atoms with Gasteiger partial charge in [0.15, 0.2) is 5.13 Å². The summed E-state index contributed by atoms with van der Waals surface area (Å²) in [6, 6.07) is 14.5. The van der Waals surface area contributed by atoms with E-state index in [1.165, 1.54) is 10.3 Å².